The van der Waals surface area contributed by atoms with Gasteiger partial charge in [-0.2, -0.15) is 13.2 Å². The molecular weight excluding hydrogens is 385 g/mol. The Morgan fingerprint density at radius 1 is 1.31 bits per heavy atom. The molecule has 0 aliphatic carbocycles. The van der Waals surface area contributed by atoms with Crippen molar-refractivity contribution in [2.75, 3.05) is 30.3 Å². The van der Waals surface area contributed by atoms with Crippen molar-refractivity contribution < 1.29 is 22.7 Å². The van der Waals surface area contributed by atoms with Crippen molar-refractivity contribution in [2.24, 2.45) is 5.92 Å². The molecular formula is C20H25F3N4O2. The molecule has 6 nitrogen and oxygen atoms in total. The number of imidazole rings is 1. The molecule has 1 aromatic carbocycles. The molecule has 1 aliphatic heterocycles. The number of esters is 1. The summed E-state index contributed by atoms with van der Waals surface area (Å²) in [4.78, 5) is 18.0. The minimum absolute atomic E-state index is 0.169. The quantitative estimate of drug-likeness (QED) is 0.763. The molecule has 2 heterocycles. The van der Waals surface area contributed by atoms with Crippen molar-refractivity contribution in [1.82, 2.24) is 9.55 Å². The number of ether oxygens (including phenoxy) is 1. The molecule has 1 aliphatic rings. The van der Waals surface area contributed by atoms with Gasteiger partial charge in [-0.3, -0.25) is 4.79 Å². The summed E-state index contributed by atoms with van der Waals surface area (Å²) in [6.45, 7) is 4.90. The SMILES string of the molecule is CCOC(=O)C1CCN(c2cc(C)c(C(F)(F)F)cc2Cn2ccnc2N)CC1. The Balaban J connectivity index is 1.90. The maximum Gasteiger partial charge on any atom is 0.416 e. The van der Waals surface area contributed by atoms with E-state index < -0.39 is 11.7 Å². The van der Waals surface area contributed by atoms with E-state index >= 15 is 0 Å². The number of alkyl halides is 3. The van der Waals surface area contributed by atoms with Gasteiger partial charge in [0.25, 0.3) is 0 Å². The molecule has 29 heavy (non-hydrogen) atoms. The smallest absolute Gasteiger partial charge is 0.416 e. The number of nitrogens with zero attached hydrogens (tertiary/aromatic N) is 3. The largest absolute Gasteiger partial charge is 0.466 e. The van der Waals surface area contributed by atoms with Gasteiger partial charge in [0.2, 0.25) is 0 Å². The van der Waals surface area contributed by atoms with Crippen LogP contribution in [0, 0.1) is 12.8 Å². The summed E-state index contributed by atoms with van der Waals surface area (Å²) in [6.07, 6.45) is -0.0796. The van der Waals surface area contributed by atoms with Crippen LogP contribution in [0.15, 0.2) is 24.5 Å². The molecule has 0 saturated carbocycles. The normalized spacial score (nSPS) is 15.6. The van der Waals surface area contributed by atoms with Crippen molar-refractivity contribution in [1.29, 1.82) is 0 Å². The minimum Gasteiger partial charge on any atom is -0.466 e. The lowest BCUT2D eigenvalue weighted by Crippen LogP contribution is -2.37. The third kappa shape index (κ3) is 4.65. The lowest BCUT2D eigenvalue weighted by atomic mass is 9.94. The Labute approximate surface area is 167 Å². The highest BCUT2D eigenvalue weighted by atomic mass is 19.4. The number of nitrogen functional groups attached to an aromatic ring is 1. The lowest BCUT2D eigenvalue weighted by molar-refractivity contribution is -0.148. The van der Waals surface area contributed by atoms with Crippen LogP contribution in [0.1, 0.15) is 36.5 Å². The molecule has 2 aromatic rings. The summed E-state index contributed by atoms with van der Waals surface area (Å²) < 4.78 is 47.1. The van der Waals surface area contributed by atoms with Gasteiger partial charge in [-0.25, -0.2) is 4.98 Å². The third-order valence-corrected chi connectivity index (χ3v) is 5.27. The number of carbonyl (C=O) groups excluding carboxylic acids is 1. The van der Waals surface area contributed by atoms with Crippen LogP contribution < -0.4 is 10.6 Å². The van der Waals surface area contributed by atoms with E-state index in [0.717, 1.165) is 5.69 Å². The Morgan fingerprint density at radius 2 is 2.00 bits per heavy atom. The topological polar surface area (TPSA) is 73.4 Å². The number of hydrogen-bond donors (Lipinski definition) is 1. The first-order chi connectivity index (χ1) is 13.7. The summed E-state index contributed by atoms with van der Waals surface area (Å²) in [5.41, 5.74) is 6.57. The molecule has 0 bridgehead atoms. The fourth-order valence-electron chi connectivity index (χ4n) is 3.74. The average Bonchev–Trinajstić information content (AvgIpc) is 3.07. The zero-order valence-electron chi connectivity index (χ0n) is 16.5. The van der Waals surface area contributed by atoms with Gasteiger partial charge in [0, 0.05) is 31.2 Å². The molecule has 0 atom stereocenters. The van der Waals surface area contributed by atoms with Crippen LogP contribution in [0.5, 0.6) is 0 Å². The highest BCUT2D eigenvalue weighted by Crippen LogP contribution is 2.37. The summed E-state index contributed by atoms with van der Waals surface area (Å²) >= 11 is 0. The molecule has 2 N–H and O–H groups in total. The van der Waals surface area contributed by atoms with Crippen molar-refractivity contribution in [2.45, 2.75) is 39.4 Å². The van der Waals surface area contributed by atoms with Gasteiger partial charge in [0.05, 0.1) is 24.6 Å². The molecule has 0 amide bonds. The average molecular weight is 410 g/mol. The second kappa shape index (κ2) is 8.34. The van der Waals surface area contributed by atoms with E-state index in [1.165, 1.54) is 19.2 Å². The maximum absolute atomic E-state index is 13.5. The first-order valence-corrected chi connectivity index (χ1v) is 9.59. The molecule has 9 heteroatoms. The summed E-state index contributed by atoms with van der Waals surface area (Å²) in [7, 11) is 0. The van der Waals surface area contributed by atoms with Crippen LogP contribution in [0.4, 0.5) is 24.8 Å². The van der Waals surface area contributed by atoms with Gasteiger partial charge >= 0.3 is 12.1 Å². The first kappa shape index (κ1) is 21.0. The van der Waals surface area contributed by atoms with E-state index in [2.05, 4.69) is 4.98 Å². The van der Waals surface area contributed by atoms with Crippen molar-refractivity contribution in [3.05, 3.63) is 41.2 Å². The van der Waals surface area contributed by atoms with E-state index in [4.69, 9.17) is 10.5 Å². The second-order valence-corrected chi connectivity index (χ2v) is 7.22. The number of rotatable bonds is 5. The molecule has 3 rings (SSSR count). The molecule has 158 valence electrons. The summed E-state index contributed by atoms with van der Waals surface area (Å²) in [5.74, 6) is -0.136. The number of carbonyl (C=O) groups is 1. The van der Waals surface area contributed by atoms with E-state index in [-0.39, 0.29) is 29.9 Å². The summed E-state index contributed by atoms with van der Waals surface area (Å²) in [5, 5.41) is 0. The zero-order valence-corrected chi connectivity index (χ0v) is 16.5. The van der Waals surface area contributed by atoms with Crippen LogP contribution in [-0.2, 0) is 22.3 Å². The number of halogens is 3. The fraction of sp³-hybridized carbons (Fsp3) is 0.500. The third-order valence-electron chi connectivity index (χ3n) is 5.27. The highest BCUT2D eigenvalue weighted by molar-refractivity contribution is 5.73. The predicted octanol–water partition coefficient (Wildman–Crippen LogP) is 3.62. The van der Waals surface area contributed by atoms with Gasteiger partial charge < -0.3 is 19.9 Å². The van der Waals surface area contributed by atoms with Gasteiger partial charge in [-0.15, -0.1) is 0 Å². The van der Waals surface area contributed by atoms with Crippen LogP contribution in [0.2, 0.25) is 0 Å². The monoisotopic (exact) mass is 410 g/mol. The zero-order chi connectivity index (χ0) is 21.2. The molecule has 1 fully saturated rings. The Morgan fingerprint density at radius 3 is 2.55 bits per heavy atom. The van der Waals surface area contributed by atoms with Gasteiger partial charge in [-0.1, -0.05) is 0 Å². The van der Waals surface area contributed by atoms with E-state index in [1.54, 1.807) is 23.8 Å². The fourth-order valence-corrected chi connectivity index (χ4v) is 3.74. The number of benzene rings is 1. The van der Waals surface area contributed by atoms with E-state index in [0.29, 0.717) is 38.1 Å². The number of piperidine rings is 1. The number of nitrogens with two attached hydrogens (primary N) is 1. The maximum atomic E-state index is 13.5. The van der Waals surface area contributed by atoms with Gasteiger partial charge in [0.1, 0.15) is 0 Å². The van der Waals surface area contributed by atoms with E-state index in [9.17, 15) is 18.0 Å². The Kier molecular flexibility index (Phi) is 6.04. The minimum atomic E-state index is -4.44. The standard InChI is InChI=1S/C20H25F3N4O2/c1-3-29-18(28)14-4-7-26(8-5-14)17-10-13(2)16(20(21,22)23)11-15(17)12-27-9-6-25-19(27)24/h6,9-11,14H,3-5,7-8,12H2,1-2H3,(H2,24,25). The van der Waals surface area contributed by atoms with Crippen molar-refractivity contribution in [3.8, 4) is 0 Å². The van der Waals surface area contributed by atoms with Crippen LogP contribution >= 0.6 is 0 Å². The lowest BCUT2D eigenvalue weighted by Gasteiger charge is -2.34. The van der Waals surface area contributed by atoms with Gasteiger partial charge in [0.15, 0.2) is 5.95 Å². The van der Waals surface area contributed by atoms with Crippen LogP contribution in [0.25, 0.3) is 0 Å². The molecule has 0 spiro atoms. The second-order valence-electron chi connectivity index (χ2n) is 7.22. The Hall–Kier alpha value is -2.71. The van der Waals surface area contributed by atoms with Crippen LogP contribution in [-0.4, -0.2) is 35.2 Å². The van der Waals surface area contributed by atoms with E-state index in [1.807, 2.05) is 4.90 Å². The first-order valence-electron chi connectivity index (χ1n) is 9.59. The molecule has 1 saturated heterocycles. The van der Waals surface area contributed by atoms with Crippen molar-refractivity contribution in [3.63, 3.8) is 0 Å². The summed E-state index contributed by atoms with van der Waals surface area (Å²) in [6, 6.07) is 2.78. The number of aryl methyl sites for hydroxylation is 1. The number of hydrogen-bond acceptors (Lipinski definition) is 5. The molecule has 1 aromatic heterocycles. The van der Waals surface area contributed by atoms with Gasteiger partial charge in [-0.05, 0) is 49.9 Å². The predicted molar refractivity (Wildman–Crippen MR) is 103 cm³/mol. The molecule has 0 unspecified atom stereocenters. The Bertz CT molecular complexity index is 871. The van der Waals surface area contributed by atoms with Crippen molar-refractivity contribution >= 4 is 17.6 Å². The number of aromatic nitrogens is 2. The molecule has 0 radical (unpaired) electrons. The highest BCUT2D eigenvalue weighted by Gasteiger charge is 2.34. The van der Waals surface area contributed by atoms with Crippen LogP contribution in [0.3, 0.4) is 0 Å². The number of anilines is 2.